The topological polar surface area (TPSA) is 110 Å². The van der Waals surface area contributed by atoms with Gasteiger partial charge in [0.2, 0.25) is 0 Å². The van der Waals surface area contributed by atoms with Crippen LogP contribution in [0.2, 0.25) is 0 Å². The van der Waals surface area contributed by atoms with E-state index in [9.17, 15) is 14.7 Å². The number of methoxy groups -OCH3 is 2. The van der Waals surface area contributed by atoms with Crippen molar-refractivity contribution in [2.45, 2.75) is 82.3 Å². The van der Waals surface area contributed by atoms with Crippen LogP contribution in [0.25, 0.3) is 0 Å². The Labute approximate surface area is 281 Å². The molecule has 0 radical (unpaired) electrons. The van der Waals surface area contributed by atoms with Gasteiger partial charge in [-0.25, -0.2) is 0 Å². The SMILES string of the molecule is C=C(C)[C@]12C[C@@H](C)[C@@]34O[C@](Cc5ccccc5)(O[C@@H]1C3C(C)=C(COC(=O)Cc1ccc(OC)c(OC)c1)C[C@]1(O)C(=O)C(C)=C[C@@H]41)O2. The number of rotatable bonds is 9. The van der Waals surface area contributed by atoms with Crippen molar-refractivity contribution in [3.8, 4) is 11.5 Å². The molecule has 2 aromatic carbocycles. The largest absolute Gasteiger partial charge is 0.493 e. The Balaban J connectivity index is 1.29. The average molecular weight is 657 g/mol. The number of benzene rings is 2. The standard InChI is InChI=1S/C39H44O9/c1-22(2)37-18-24(4)39-31-15-23(3)34(41)36(31,42)20-28(21-45-32(40)17-27-13-14-29(43-6)30(16-27)44-7)25(5)33(39)35(37)46-38(47-37,48-39)19-26-11-9-8-10-12-26/h8-16,24,31,33,35,42H,1,17-21H2,2-7H3/t24-,31-,33?,35-,36-,37-,38-,39+/m1/s1. The highest BCUT2D eigenvalue weighted by Gasteiger charge is 2.79. The number of fused-ring (bicyclic) bond motifs is 2. The van der Waals surface area contributed by atoms with Crippen molar-refractivity contribution in [3.63, 3.8) is 0 Å². The molecule has 2 heterocycles. The highest BCUT2D eigenvalue weighted by molar-refractivity contribution is 6.05. The third-order valence-corrected chi connectivity index (χ3v) is 11.5. The number of esters is 1. The molecule has 2 aliphatic heterocycles. The zero-order valence-corrected chi connectivity index (χ0v) is 28.5. The van der Waals surface area contributed by atoms with Crippen LogP contribution in [0.15, 0.2) is 83.5 Å². The number of hydrogen-bond acceptors (Lipinski definition) is 9. The van der Waals surface area contributed by atoms with Gasteiger partial charge >= 0.3 is 5.97 Å². The van der Waals surface area contributed by atoms with E-state index < -0.39 is 46.7 Å². The first-order valence-corrected chi connectivity index (χ1v) is 16.6. The molecule has 1 saturated carbocycles. The number of ether oxygens (including phenoxy) is 6. The molecular weight excluding hydrogens is 612 g/mol. The molecule has 2 saturated heterocycles. The summed E-state index contributed by atoms with van der Waals surface area (Å²) in [6.45, 7) is 12.1. The number of aliphatic hydroxyl groups is 1. The summed E-state index contributed by atoms with van der Waals surface area (Å²) >= 11 is 0. The highest BCUT2D eigenvalue weighted by Crippen LogP contribution is 2.69. The van der Waals surface area contributed by atoms with Gasteiger partial charge in [0.1, 0.15) is 23.9 Å². The van der Waals surface area contributed by atoms with Gasteiger partial charge in [-0.3, -0.25) is 9.59 Å². The molecule has 3 bridgehead atoms. The molecule has 1 unspecified atom stereocenters. The Morgan fingerprint density at radius 1 is 1.04 bits per heavy atom. The van der Waals surface area contributed by atoms with E-state index in [1.54, 1.807) is 32.2 Å². The molecule has 0 aromatic heterocycles. The Morgan fingerprint density at radius 3 is 2.46 bits per heavy atom. The molecule has 5 aliphatic rings. The first-order chi connectivity index (χ1) is 22.8. The molecule has 2 aromatic rings. The predicted octanol–water partition coefficient (Wildman–Crippen LogP) is 5.44. The Hall–Kier alpha value is -3.76. The second-order valence-corrected chi connectivity index (χ2v) is 14.3. The highest BCUT2D eigenvalue weighted by atomic mass is 16.9. The van der Waals surface area contributed by atoms with E-state index in [4.69, 9.17) is 28.4 Å². The molecule has 9 heteroatoms. The molecule has 0 amide bonds. The maximum atomic E-state index is 13.9. The maximum absolute atomic E-state index is 13.9. The van der Waals surface area contributed by atoms with Crippen LogP contribution >= 0.6 is 0 Å². The second-order valence-electron chi connectivity index (χ2n) is 14.3. The van der Waals surface area contributed by atoms with Crippen molar-refractivity contribution in [1.29, 1.82) is 0 Å². The molecule has 8 atom stereocenters. The summed E-state index contributed by atoms with van der Waals surface area (Å²) in [6.07, 6.45) is 2.27. The molecule has 254 valence electrons. The molecule has 3 fully saturated rings. The van der Waals surface area contributed by atoms with Crippen molar-refractivity contribution in [2.24, 2.45) is 17.8 Å². The lowest BCUT2D eigenvalue weighted by molar-refractivity contribution is -0.422. The quantitative estimate of drug-likeness (QED) is 0.279. The van der Waals surface area contributed by atoms with Gasteiger partial charge in [0, 0.05) is 18.3 Å². The van der Waals surface area contributed by atoms with Crippen molar-refractivity contribution in [3.05, 3.63) is 94.6 Å². The van der Waals surface area contributed by atoms with Gasteiger partial charge in [-0.1, -0.05) is 61.5 Å². The Kier molecular flexibility index (Phi) is 7.79. The van der Waals surface area contributed by atoms with E-state index in [0.29, 0.717) is 41.1 Å². The van der Waals surface area contributed by atoms with Crippen LogP contribution in [0.1, 0.15) is 51.7 Å². The smallest absolute Gasteiger partial charge is 0.310 e. The van der Waals surface area contributed by atoms with E-state index in [0.717, 1.165) is 16.7 Å². The van der Waals surface area contributed by atoms with Crippen LogP contribution < -0.4 is 9.47 Å². The minimum absolute atomic E-state index is 0.00698. The van der Waals surface area contributed by atoms with Gasteiger partial charge in [0.25, 0.3) is 5.97 Å². The van der Waals surface area contributed by atoms with Crippen molar-refractivity contribution in [2.75, 3.05) is 20.8 Å². The number of Topliss-reactive ketones (excluding diaryl/α,β-unsaturated/α-hetero) is 1. The lowest BCUT2D eigenvalue weighted by atomic mass is 9.53. The fourth-order valence-electron chi connectivity index (χ4n) is 9.24. The normalized spacial score (nSPS) is 36.2. The van der Waals surface area contributed by atoms with Crippen LogP contribution in [-0.2, 0) is 41.4 Å². The summed E-state index contributed by atoms with van der Waals surface area (Å²) in [4.78, 5) is 27.2. The van der Waals surface area contributed by atoms with Gasteiger partial charge in [-0.15, -0.1) is 0 Å². The first-order valence-electron chi connectivity index (χ1n) is 16.6. The summed E-state index contributed by atoms with van der Waals surface area (Å²) in [5.74, 6) is -2.42. The van der Waals surface area contributed by atoms with Gasteiger partial charge < -0.3 is 33.5 Å². The van der Waals surface area contributed by atoms with Gasteiger partial charge in [-0.2, -0.15) is 0 Å². The van der Waals surface area contributed by atoms with Crippen LogP contribution in [0.5, 0.6) is 11.5 Å². The van der Waals surface area contributed by atoms with E-state index in [1.165, 1.54) is 7.11 Å². The number of carbonyl (C=O) groups excluding carboxylic acids is 2. The molecule has 1 N–H and O–H groups in total. The molecule has 0 spiro atoms. The third-order valence-electron chi connectivity index (χ3n) is 11.5. The monoisotopic (exact) mass is 656 g/mol. The number of carbonyl (C=O) groups is 2. The zero-order chi connectivity index (χ0) is 34.2. The van der Waals surface area contributed by atoms with Gasteiger partial charge in [0.05, 0.1) is 32.7 Å². The number of ketones is 1. The van der Waals surface area contributed by atoms with Crippen molar-refractivity contribution >= 4 is 11.8 Å². The van der Waals surface area contributed by atoms with Crippen molar-refractivity contribution in [1.82, 2.24) is 0 Å². The number of hydrogen-bond donors (Lipinski definition) is 1. The molecule has 7 rings (SSSR count). The minimum atomic E-state index is -1.80. The lowest BCUT2D eigenvalue weighted by Crippen LogP contribution is -2.71. The predicted molar refractivity (Wildman–Crippen MR) is 176 cm³/mol. The van der Waals surface area contributed by atoms with E-state index in [1.807, 2.05) is 50.3 Å². The van der Waals surface area contributed by atoms with Gasteiger partial charge in [-0.05, 0) is 73.1 Å². The third kappa shape index (κ3) is 4.65. The van der Waals surface area contributed by atoms with Gasteiger partial charge in [0.15, 0.2) is 17.3 Å². The summed E-state index contributed by atoms with van der Waals surface area (Å²) in [6, 6.07) is 15.2. The van der Waals surface area contributed by atoms with E-state index >= 15 is 0 Å². The Morgan fingerprint density at radius 2 is 1.77 bits per heavy atom. The van der Waals surface area contributed by atoms with E-state index in [-0.39, 0.29) is 31.1 Å². The molecule has 48 heavy (non-hydrogen) atoms. The van der Waals surface area contributed by atoms with Crippen LogP contribution in [0.3, 0.4) is 0 Å². The van der Waals surface area contributed by atoms with Crippen LogP contribution in [0, 0.1) is 17.8 Å². The molecule has 9 nitrogen and oxygen atoms in total. The van der Waals surface area contributed by atoms with E-state index in [2.05, 4.69) is 13.5 Å². The fourth-order valence-corrected chi connectivity index (χ4v) is 9.24. The maximum Gasteiger partial charge on any atom is 0.310 e. The molecular formula is C39H44O9. The second kappa shape index (κ2) is 11.4. The summed E-state index contributed by atoms with van der Waals surface area (Å²) < 4.78 is 37.7. The summed E-state index contributed by atoms with van der Waals surface area (Å²) in [5.41, 5.74) is 0.834. The fraction of sp³-hybridized carbons (Fsp3) is 0.487. The molecule has 3 aliphatic carbocycles. The zero-order valence-electron chi connectivity index (χ0n) is 28.5. The minimum Gasteiger partial charge on any atom is -0.493 e. The Bertz CT molecular complexity index is 1740. The summed E-state index contributed by atoms with van der Waals surface area (Å²) in [5, 5.41) is 12.6. The summed E-state index contributed by atoms with van der Waals surface area (Å²) in [7, 11) is 3.09. The lowest BCUT2D eigenvalue weighted by Gasteiger charge is -2.60. The van der Waals surface area contributed by atoms with Crippen LogP contribution in [-0.4, -0.2) is 66.6 Å². The first kappa shape index (κ1) is 32.8. The van der Waals surface area contributed by atoms with Crippen molar-refractivity contribution < 1.29 is 43.1 Å². The van der Waals surface area contributed by atoms with Crippen LogP contribution in [0.4, 0.5) is 0 Å². The average Bonchev–Trinajstić information content (AvgIpc) is 3.38.